The van der Waals surface area contributed by atoms with Gasteiger partial charge in [0.05, 0.1) is 21.8 Å². The number of nitrogens with one attached hydrogen (secondary N) is 2. The molecule has 3 N–H and O–H groups in total. The van der Waals surface area contributed by atoms with Crippen molar-refractivity contribution in [2.24, 2.45) is 0 Å². The molecule has 5 nitrogen and oxygen atoms in total. The van der Waals surface area contributed by atoms with E-state index in [1.54, 1.807) is 18.3 Å². The summed E-state index contributed by atoms with van der Waals surface area (Å²) in [5.74, 6) is 0. The highest BCUT2D eigenvalue weighted by Gasteiger charge is 2.24. The molecular formula is C16H17N3O2S2. The molecule has 1 unspecified atom stereocenters. The lowest BCUT2D eigenvalue weighted by atomic mass is 9.99. The highest BCUT2D eigenvalue weighted by molar-refractivity contribution is 7.18. The Morgan fingerprint density at radius 1 is 1.39 bits per heavy atom. The van der Waals surface area contributed by atoms with Crippen LogP contribution in [0.5, 0.6) is 0 Å². The van der Waals surface area contributed by atoms with Crippen molar-refractivity contribution in [2.45, 2.75) is 19.4 Å². The topological polar surface area (TPSA) is 74.2 Å². The van der Waals surface area contributed by atoms with Crippen molar-refractivity contribution >= 4 is 44.6 Å². The third-order valence-electron chi connectivity index (χ3n) is 3.49. The fraction of sp³-hybridized carbons (Fsp3) is 0.250. The summed E-state index contributed by atoms with van der Waals surface area (Å²) in [6.45, 7) is 3.77. The van der Waals surface area contributed by atoms with Crippen molar-refractivity contribution in [1.29, 1.82) is 0 Å². The second-order valence-electron chi connectivity index (χ2n) is 5.51. The van der Waals surface area contributed by atoms with E-state index >= 15 is 0 Å². The molecule has 0 saturated carbocycles. The first-order chi connectivity index (χ1) is 10.9. The molecule has 0 saturated heterocycles. The van der Waals surface area contributed by atoms with Gasteiger partial charge in [0.2, 0.25) is 0 Å². The van der Waals surface area contributed by atoms with Crippen molar-refractivity contribution in [2.75, 3.05) is 11.9 Å². The third-order valence-corrected chi connectivity index (χ3v) is 5.11. The number of aryl methyl sites for hydroxylation is 1. The standard InChI is InChI=1S/C16H17N3O2S2/c1-10-18-13-4-3-12(7-14(13)23-10)19-15(20)17-9-16(2,21)11-5-6-22-8-11/h3-8,21H,9H2,1-2H3,(H2,17,19,20). The first-order valence-corrected chi connectivity index (χ1v) is 8.87. The van der Waals surface area contributed by atoms with Crippen LogP contribution in [-0.2, 0) is 5.60 Å². The van der Waals surface area contributed by atoms with Gasteiger partial charge in [0.25, 0.3) is 0 Å². The minimum atomic E-state index is -1.09. The number of anilines is 1. The van der Waals surface area contributed by atoms with Gasteiger partial charge in [-0.25, -0.2) is 9.78 Å². The van der Waals surface area contributed by atoms with Crippen molar-refractivity contribution in [3.63, 3.8) is 0 Å². The monoisotopic (exact) mass is 347 g/mol. The molecule has 0 spiro atoms. The summed E-state index contributed by atoms with van der Waals surface area (Å²) >= 11 is 3.10. The first-order valence-electron chi connectivity index (χ1n) is 7.11. The lowest BCUT2D eigenvalue weighted by Gasteiger charge is -2.22. The maximum Gasteiger partial charge on any atom is 0.319 e. The van der Waals surface area contributed by atoms with Crippen molar-refractivity contribution in [1.82, 2.24) is 10.3 Å². The van der Waals surface area contributed by atoms with Crippen LogP contribution >= 0.6 is 22.7 Å². The van der Waals surface area contributed by atoms with E-state index in [-0.39, 0.29) is 12.6 Å². The van der Waals surface area contributed by atoms with E-state index in [1.165, 1.54) is 11.3 Å². The molecule has 3 rings (SSSR count). The van der Waals surface area contributed by atoms with Crippen LogP contribution in [0.2, 0.25) is 0 Å². The molecule has 2 heterocycles. The zero-order valence-electron chi connectivity index (χ0n) is 12.8. The molecule has 0 aliphatic rings. The lowest BCUT2D eigenvalue weighted by molar-refractivity contribution is 0.0604. The molecule has 0 radical (unpaired) electrons. The van der Waals surface area contributed by atoms with E-state index in [0.717, 1.165) is 20.8 Å². The number of aliphatic hydroxyl groups is 1. The number of fused-ring (bicyclic) bond motifs is 1. The Morgan fingerprint density at radius 2 is 2.22 bits per heavy atom. The van der Waals surface area contributed by atoms with E-state index < -0.39 is 5.60 Å². The summed E-state index contributed by atoms with van der Waals surface area (Å²) in [6, 6.07) is 7.11. The SMILES string of the molecule is Cc1nc2ccc(NC(=O)NCC(C)(O)c3ccsc3)cc2s1. The summed E-state index contributed by atoms with van der Waals surface area (Å²) in [4.78, 5) is 16.4. The van der Waals surface area contributed by atoms with Gasteiger partial charge in [-0.1, -0.05) is 0 Å². The third kappa shape index (κ3) is 3.69. The minimum Gasteiger partial charge on any atom is -0.384 e. The highest BCUT2D eigenvalue weighted by atomic mass is 32.1. The zero-order chi connectivity index (χ0) is 16.4. The Labute approximate surface area is 142 Å². The largest absolute Gasteiger partial charge is 0.384 e. The van der Waals surface area contributed by atoms with Crippen LogP contribution in [-0.4, -0.2) is 22.7 Å². The Morgan fingerprint density at radius 3 is 2.96 bits per heavy atom. The number of hydrogen-bond donors (Lipinski definition) is 3. The van der Waals surface area contributed by atoms with Crippen molar-refractivity contribution in [3.05, 3.63) is 45.6 Å². The fourth-order valence-corrected chi connectivity index (χ4v) is 3.87. The van der Waals surface area contributed by atoms with Crippen LogP contribution in [0.4, 0.5) is 10.5 Å². The molecule has 120 valence electrons. The maximum absolute atomic E-state index is 12.0. The molecular weight excluding hydrogens is 330 g/mol. The van der Waals surface area contributed by atoms with Crippen LogP contribution < -0.4 is 10.6 Å². The smallest absolute Gasteiger partial charge is 0.319 e. The average molecular weight is 347 g/mol. The van der Waals surface area contributed by atoms with Gasteiger partial charge in [-0.15, -0.1) is 11.3 Å². The summed E-state index contributed by atoms with van der Waals surface area (Å²) in [5, 5.41) is 20.6. The molecule has 0 bridgehead atoms. The quantitative estimate of drug-likeness (QED) is 0.674. The minimum absolute atomic E-state index is 0.136. The Balaban J connectivity index is 1.62. The number of benzene rings is 1. The van der Waals surface area contributed by atoms with Gasteiger partial charge in [-0.2, -0.15) is 11.3 Å². The summed E-state index contributed by atoms with van der Waals surface area (Å²) in [5.41, 5.74) is 1.34. The molecule has 3 aromatic rings. The number of carbonyl (C=O) groups excluding carboxylic acids is 1. The van der Waals surface area contributed by atoms with Gasteiger partial charge in [0.1, 0.15) is 5.60 Å². The Bertz CT molecular complexity index is 825. The Hall–Kier alpha value is -1.96. The van der Waals surface area contributed by atoms with Gasteiger partial charge in [0.15, 0.2) is 0 Å². The number of aromatic nitrogens is 1. The predicted molar refractivity (Wildman–Crippen MR) is 95.3 cm³/mol. The van der Waals surface area contributed by atoms with Gasteiger partial charge >= 0.3 is 6.03 Å². The maximum atomic E-state index is 12.0. The van der Waals surface area contributed by atoms with Crippen LogP contribution in [0.15, 0.2) is 35.0 Å². The molecule has 7 heteroatoms. The molecule has 23 heavy (non-hydrogen) atoms. The van der Waals surface area contributed by atoms with Crippen molar-refractivity contribution in [3.8, 4) is 0 Å². The summed E-state index contributed by atoms with van der Waals surface area (Å²) in [6.07, 6.45) is 0. The van der Waals surface area contributed by atoms with E-state index in [0.29, 0.717) is 5.69 Å². The van der Waals surface area contributed by atoms with E-state index in [1.807, 2.05) is 41.9 Å². The second-order valence-corrected chi connectivity index (χ2v) is 7.52. The van der Waals surface area contributed by atoms with Gasteiger partial charge in [-0.05, 0) is 54.4 Å². The Kier molecular flexibility index (Phi) is 4.34. The van der Waals surface area contributed by atoms with Gasteiger partial charge < -0.3 is 15.7 Å². The van der Waals surface area contributed by atoms with Crippen LogP contribution in [0.1, 0.15) is 17.5 Å². The van der Waals surface area contributed by atoms with Crippen LogP contribution in [0.3, 0.4) is 0 Å². The first kappa shape index (κ1) is 15.9. The number of urea groups is 1. The predicted octanol–water partition coefficient (Wildman–Crippen LogP) is 3.70. The fourth-order valence-electron chi connectivity index (χ4n) is 2.22. The second kappa shape index (κ2) is 6.27. The summed E-state index contributed by atoms with van der Waals surface area (Å²) < 4.78 is 1.03. The lowest BCUT2D eigenvalue weighted by Crippen LogP contribution is -2.40. The van der Waals surface area contributed by atoms with Gasteiger partial charge in [-0.3, -0.25) is 0 Å². The normalized spacial score (nSPS) is 13.7. The molecule has 2 aromatic heterocycles. The zero-order valence-corrected chi connectivity index (χ0v) is 14.4. The van der Waals surface area contributed by atoms with Crippen molar-refractivity contribution < 1.29 is 9.90 Å². The number of carbonyl (C=O) groups is 1. The number of nitrogens with zero attached hydrogens (tertiary/aromatic N) is 1. The van der Waals surface area contributed by atoms with E-state index in [2.05, 4.69) is 15.6 Å². The number of amides is 2. The number of thiazole rings is 1. The highest BCUT2D eigenvalue weighted by Crippen LogP contribution is 2.25. The molecule has 0 aliphatic heterocycles. The van der Waals surface area contributed by atoms with Crippen LogP contribution in [0.25, 0.3) is 10.2 Å². The molecule has 0 aliphatic carbocycles. The molecule has 0 fully saturated rings. The number of thiophene rings is 1. The number of rotatable bonds is 4. The van der Waals surface area contributed by atoms with E-state index in [9.17, 15) is 9.90 Å². The van der Waals surface area contributed by atoms with E-state index in [4.69, 9.17) is 0 Å². The van der Waals surface area contributed by atoms with Crippen LogP contribution in [0, 0.1) is 6.92 Å². The molecule has 1 atom stereocenters. The average Bonchev–Trinajstić information content (AvgIpc) is 3.13. The van der Waals surface area contributed by atoms with Gasteiger partial charge in [0, 0.05) is 5.69 Å². The number of hydrogen-bond acceptors (Lipinski definition) is 5. The summed E-state index contributed by atoms with van der Waals surface area (Å²) in [7, 11) is 0. The molecule has 2 amide bonds. The molecule has 1 aromatic carbocycles.